The van der Waals surface area contributed by atoms with Gasteiger partial charge in [-0.05, 0) is 55.3 Å². The van der Waals surface area contributed by atoms with E-state index in [0.717, 1.165) is 16.9 Å². The molecule has 0 bridgehead atoms. The van der Waals surface area contributed by atoms with E-state index in [0.29, 0.717) is 40.1 Å². The molecule has 8 heteroatoms. The molecule has 1 N–H and O–H groups in total. The zero-order valence-corrected chi connectivity index (χ0v) is 20.9. The van der Waals surface area contributed by atoms with Crippen molar-refractivity contribution >= 4 is 28.6 Å². The summed E-state index contributed by atoms with van der Waals surface area (Å²) in [6.07, 6.45) is 0. The molecule has 8 nitrogen and oxygen atoms in total. The number of hydrogen-bond donors (Lipinski definition) is 1. The van der Waals surface area contributed by atoms with Gasteiger partial charge in [-0.1, -0.05) is 53.7 Å². The number of pyridine rings is 1. The third-order valence-electron chi connectivity index (χ3n) is 5.95. The topological polar surface area (TPSA) is 104 Å². The zero-order chi connectivity index (χ0) is 26.5. The average Bonchev–Trinajstić information content (AvgIpc) is 3.35. The van der Waals surface area contributed by atoms with Crippen molar-refractivity contribution in [2.45, 2.75) is 20.5 Å². The summed E-state index contributed by atoms with van der Waals surface area (Å²) in [5.74, 6) is 0.404. The van der Waals surface area contributed by atoms with Gasteiger partial charge in [-0.3, -0.25) is 4.79 Å². The number of carbonyl (C=O) groups excluding carboxylic acids is 2. The Kier molecular flexibility index (Phi) is 7.13. The summed E-state index contributed by atoms with van der Waals surface area (Å²) >= 11 is 0. The molecule has 0 aliphatic rings. The third kappa shape index (κ3) is 5.54. The number of amides is 1. The molecule has 5 aromatic rings. The molecule has 0 saturated carbocycles. The van der Waals surface area contributed by atoms with Gasteiger partial charge in [0, 0.05) is 17.0 Å². The SMILES string of the molecule is Cc1cc(NC(=O)COC(=O)c2c(C)c(-c3ccc(OCc4ccccc4)cc3)nc3ccccc23)no1. The summed E-state index contributed by atoms with van der Waals surface area (Å²) in [5, 5.41) is 6.90. The minimum Gasteiger partial charge on any atom is -0.489 e. The Morgan fingerprint density at radius 1 is 0.921 bits per heavy atom. The molecule has 190 valence electrons. The van der Waals surface area contributed by atoms with Gasteiger partial charge in [-0.25, -0.2) is 9.78 Å². The Morgan fingerprint density at radius 3 is 2.39 bits per heavy atom. The van der Waals surface area contributed by atoms with E-state index in [1.165, 1.54) is 0 Å². The van der Waals surface area contributed by atoms with E-state index < -0.39 is 18.5 Å². The lowest BCUT2D eigenvalue weighted by atomic mass is 9.97. The van der Waals surface area contributed by atoms with Gasteiger partial charge < -0.3 is 19.3 Å². The Bertz CT molecular complexity index is 1590. The van der Waals surface area contributed by atoms with Crippen LogP contribution in [0.1, 0.15) is 27.2 Å². The van der Waals surface area contributed by atoms with Gasteiger partial charge in [0.15, 0.2) is 12.4 Å². The Labute approximate surface area is 219 Å². The van der Waals surface area contributed by atoms with E-state index in [1.807, 2.05) is 85.8 Å². The fourth-order valence-electron chi connectivity index (χ4n) is 4.11. The van der Waals surface area contributed by atoms with E-state index in [-0.39, 0.29) is 5.82 Å². The number of hydrogen-bond acceptors (Lipinski definition) is 7. The smallest absolute Gasteiger partial charge is 0.339 e. The number of fused-ring (bicyclic) bond motifs is 1. The van der Waals surface area contributed by atoms with Gasteiger partial charge in [0.25, 0.3) is 5.91 Å². The van der Waals surface area contributed by atoms with Crippen LogP contribution in [0.15, 0.2) is 89.5 Å². The highest BCUT2D eigenvalue weighted by Crippen LogP contribution is 2.31. The van der Waals surface area contributed by atoms with Crippen molar-refractivity contribution in [2.75, 3.05) is 11.9 Å². The summed E-state index contributed by atoms with van der Waals surface area (Å²) in [6.45, 7) is 3.53. The molecule has 0 atom stereocenters. The monoisotopic (exact) mass is 507 g/mol. The largest absolute Gasteiger partial charge is 0.489 e. The molecule has 38 heavy (non-hydrogen) atoms. The minimum absolute atomic E-state index is 0.257. The molecule has 0 saturated heterocycles. The van der Waals surface area contributed by atoms with Crippen molar-refractivity contribution in [3.05, 3.63) is 107 Å². The maximum Gasteiger partial charge on any atom is 0.339 e. The van der Waals surface area contributed by atoms with Gasteiger partial charge in [0.05, 0.1) is 16.8 Å². The highest BCUT2D eigenvalue weighted by molar-refractivity contribution is 6.07. The number of carbonyl (C=O) groups is 2. The van der Waals surface area contributed by atoms with Gasteiger partial charge in [-0.2, -0.15) is 0 Å². The lowest BCUT2D eigenvalue weighted by Gasteiger charge is -2.14. The van der Waals surface area contributed by atoms with Gasteiger partial charge in [0.1, 0.15) is 18.1 Å². The molecule has 0 unspecified atom stereocenters. The number of rotatable bonds is 8. The summed E-state index contributed by atoms with van der Waals surface area (Å²) in [5.41, 5.74) is 4.21. The third-order valence-corrected chi connectivity index (χ3v) is 5.95. The van der Waals surface area contributed by atoms with E-state index in [2.05, 4.69) is 10.5 Å². The fourth-order valence-corrected chi connectivity index (χ4v) is 4.11. The van der Waals surface area contributed by atoms with Crippen LogP contribution >= 0.6 is 0 Å². The van der Waals surface area contributed by atoms with Crippen LogP contribution in [0, 0.1) is 13.8 Å². The lowest BCUT2D eigenvalue weighted by molar-refractivity contribution is -0.119. The minimum atomic E-state index is -0.614. The predicted molar refractivity (Wildman–Crippen MR) is 143 cm³/mol. The zero-order valence-electron chi connectivity index (χ0n) is 20.9. The predicted octanol–water partition coefficient (Wildman–Crippen LogP) is 5.88. The number of nitrogens with zero attached hydrogens (tertiary/aromatic N) is 2. The van der Waals surface area contributed by atoms with Gasteiger partial charge >= 0.3 is 5.97 Å². The van der Waals surface area contributed by atoms with Crippen LogP contribution < -0.4 is 10.1 Å². The van der Waals surface area contributed by atoms with Crippen molar-refractivity contribution < 1.29 is 23.6 Å². The highest BCUT2D eigenvalue weighted by Gasteiger charge is 2.21. The van der Waals surface area contributed by atoms with Crippen molar-refractivity contribution in [3.8, 4) is 17.0 Å². The summed E-state index contributed by atoms with van der Waals surface area (Å²) in [4.78, 5) is 30.3. The van der Waals surface area contributed by atoms with Gasteiger partial charge in [0.2, 0.25) is 0 Å². The second kappa shape index (κ2) is 11.0. The standard InChI is InChI=1S/C30H25N3O5/c1-19-16-26(33-38-19)32-27(34)18-37-30(35)28-20(2)29(31-25-11-7-6-10-24(25)28)22-12-14-23(15-13-22)36-17-21-8-4-3-5-9-21/h3-16H,17-18H2,1-2H3,(H,32,33,34). The number of aryl methyl sites for hydroxylation is 1. The van der Waals surface area contributed by atoms with Crippen LogP contribution in [-0.4, -0.2) is 28.6 Å². The first kappa shape index (κ1) is 24.7. The molecule has 5 rings (SSSR count). The van der Waals surface area contributed by atoms with Crippen molar-refractivity contribution in [1.82, 2.24) is 10.1 Å². The highest BCUT2D eigenvalue weighted by atomic mass is 16.5. The molecule has 0 spiro atoms. The van der Waals surface area contributed by atoms with Crippen LogP contribution in [0.25, 0.3) is 22.2 Å². The quantitative estimate of drug-likeness (QED) is 0.262. The van der Waals surface area contributed by atoms with Crippen LogP contribution in [0.2, 0.25) is 0 Å². The molecular weight excluding hydrogens is 482 g/mol. The second-order valence-corrected chi connectivity index (χ2v) is 8.72. The molecule has 0 fully saturated rings. The number of benzene rings is 3. The summed E-state index contributed by atoms with van der Waals surface area (Å²) < 4.78 is 16.2. The maximum atomic E-state index is 13.2. The Hall–Kier alpha value is -4.98. The number of anilines is 1. The average molecular weight is 508 g/mol. The van der Waals surface area contributed by atoms with Crippen LogP contribution in [0.3, 0.4) is 0 Å². The number of esters is 1. The van der Waals surface area contributed by atoms with Crippen molar-refractivity contribution in [1.29, 1.82) is 0 Å². The molecular formula is C30H25N3O5. The molecule has 0 aliphatic heterocycles. The van der Waals surface area contributed by atoms with E-state index in [4.69, 9.17) is 19.0 Å². The first-order valence-corrected chi connectivity index (χ1v) is 12.0. The maximum absolute atomic E-state index is 13.2. The summed E-state index contributed by atoms with van der Waals surface area (Å²) in [7, 11) is 0. The van der Waals surface area contributed by atoms with Crippen molar-refractivity contribution in [3.63, 3.8) is 0 Å². The molecule has 1 amide bonds. The second-order valence-electron chi connectivity index (χ2n) is 8.72. The molecule has 3 aromatic carbocycles. The Balaban J connectivity index is 1.36. The molecule has 0 radical (unpaired) electrons. The lowest BCUT2D eigenvalue weighted by Crippen LogP contribution is -2.21. The number of ether oxygens (including phenoxy) is 2. The van der Waals surface area contributed by atoms with Crippen LogP contribution in [0.5, 0.6) is 5.75 Å². The molecule has 0 aliphatic carbocycles. The fraction of sp³-hybridized carbons (Fsp3) is 0.133. The normalized spacial score (nSPS) is 10.8. The summed E-state index contributed by atoms with van der Waals surface area (Å²) in [6, 6.07) is 26.4. The first-order valence-electron chi connectivity index (χ1n) is 12.0. The van der Waals surface area contributed by atoms with Crippen molar-refractivity contribution in [2.24, 2.45) is 0 Å². The van der Waals surface area contributed by atoms with E-state index >= 15 is 0 Å². The number of aromatic nitrogens is 2. The number of para-hydroxylation sites is 1. The van der Waals surface area contributed by atoms with E-state index in [9.17, 15) is 9.59 Å². The molecule has 2 heterocycles. The first-order chi connectivity index (χ1) is 18.5. The van der Waals surface area contributed by atoms with Gasteiger partial charge in [-0.15, -0.1) is 0 Å². The van der Waals surface area contributed by atoms with Crippen LogP contribution in [-0.2, 0) is 16.1 Å². The number of nitrogens with one attached hydrogen (secondary N) is 1. The molecule has 2 aromatic heterocycles. The van der Waals surface area contributed by atoms with Crippen LogP contribution in [0.4, 0.5) is 5.82 Å². The Morgan fingerprint density at radius 2 is 1.66 bits per heavy atom. The van der Waals surface area contributed by atoms with E-state index in [1.54, 1.807) is 13.0 Å².